The van der Waals surface area contributed by atoms with Crippen molar-refractivity contribution in [2.45, 2.75) is 12.1 Å². The first-order valence-corrected chi connectivity index (χ1v) is 5.26. The van der Waals surface area contributed by atoms with Crippen molar-refractivity contribution >= 4 is 15.9 Å². The van der Waals surface area contributed by atoms with Crippen LogP contribution in [-0.2, 0) is 5.67 Å². The maximum atomic E-state index is 14.2. The topological polar surface area (TPSA) is 12.0 Å². The Balaban J connectivity index is 2.44. The summed E-state index contributed by atoms with van der Waals surface area (Å²) in [5.41, 5.74) is -1.40. The zero-order valence-corrected chi connectivity index (χ0v) is 9.07. The Kier molecular flexibility index (Phi) is 2.58. The molecule has 1 unspecified atom stereocenters. The molecule has 1 aromatic carbocycles. The lowest BCUT2D eigenvalue weighted by Crippen LogP contribution is -2.24. The van der Waals surface area contributed by atoms with Crippen LogP contribution < -0.4 is 5.32 Å². The quantitative estimate of drug-likeness (QED) is 0.820. The number of nitrogens with one attached hydrogen (secondary N) is 1. The Morgan fingerprint density at radius 3 is 2.86 bits per heavy atom. The molecule has 1 nitrogen and oxygen atoms in total. The summed E-state index contributed by atoms with van der Waals surface area (Å²) < 4.78 is 28.2. The lowest BCUT2D eigenvalue weighted by molar-refractivity contribution is 0.186. The average molecular weight is 262 g/mol. The van der Waals surface area contributed by atoms with E-state index in [1.807, 2.05) is 0 Å². The fourth-order valence-corrected chi connectivity index (χ4v) is 2.09. The van der Waals surface area contributed by atoms with E-state index in [1.165, 1.54) is 12.1 Å². The summed E-state index contributed by atoms with van der Waals surface area (Å²) in [7, 11) is 0. The molecule has 1 atom stereocenters. The average Bonchev–Trinajstić information content (AvgIpc) is 2.58. The van der Waals surface area contributed by atoms with E-state index in [0.717, 1.165) is 0 Å². The highest BCUT2D eigenvalue weighted by atomic mass is 79.9. The largest absolute Gasteiger partial charge is 0.313 e. The highest BCUT2D eigenvalue weighted by Crippen LogP contribution is 2.35. The molecule has 0 spiro atoms. The van der Waals surface area contributed by atoms with E-state index < -0.39 is 11.5 Å². The maximum Gasteiger partial charge on any atom is 0.152 e. The van der Waals surface area contributed by atoms with Gasteiger partial charge in [-0.3, -0.25) is 0 Å². The van der Waals surface area contributed by atoms with Crippen molar-refractivity contribution in [3.05, 3.63) is 34.1 Å². The van der Waals surface area contributed by atoms with Crippen LogP contribution in [0.4, 0.5) is 8.78 Å². The van der Waals surface area contributed by atoms with Gasteiger partial charge in [0.2, 0.25) is 0 Å². The lowest BCUT2D eigenvalue weighted by Gasteiger charge is -2.19. The molecule has 2 rings (SSSR count). The first-order valence-electron chi connectivity index (χ1n) is 4.47. The zero-order chi connectivity index (χ0) is 10.2. The van der Waals surface area contributed by atoms with Crippen LogP contribution in [-0.4, -0.2) is 13.1 Å². The summed E-state index contributed by atoms with van der Waals surface area (Å²) in [5, 5.41) is 2.90. The number of hydrogen-bond acceptors (Lipinski definition) is 1. The van der Waals surface area contributed by atoms with Crippen molar-refractivity contribution < 1.29 is 8.78 Å². The van der Waals surface area contributed by atoms with Crippen LogP contribution in [0.2, 0.25) is 0 Å². The molecule has 1 heterocycles. The first-order chi connectivity index (χ1) is 6.62. The minimum Gasteiger partial charge on any atom is -0.313 e. The van der Waals surface area contributed by atoms with E-state index in [1.54, 1.807) is 6.07 Å². The van der Waals surface area contributed by atoms with Crippen LogP contribution in [0, 0.1) is 5.82 Å². The Morgan fingerprint density at radius 1 is 1.43 bits per heavy atom. The Hall–Kier alpha value is -0.480. The SMILES string of the molecule is Fc1ccc(Br)cc1C1(F)CCNC1. The second kappa shape index (κ2) is 3.59. The molecule has 76 valence electrons. The molecular weight excluding hydrogens is 252 g/mol. The molecule has 1 aliphatic heterocycles. The molecule has 14 heavy (non-hydrogen) atoms. The van der Waals surface area contributed by atoms with Gasteiger partial charge >= 0.3 is 0 Å². The second-order valence-corrected chi connectivity index (χ2v) is 4.43. The van der Waals surface area contributed by atoms with E-state index in [-0.39, 0.29) is 12.1 Å². The van der Waals surface area contributed by atoms with E-state index in [0.29, 0.717) is 17.4 Å². The van der Waals surface area contributed by atoms with Gasteiger partial charge in [-0.2, -0.15) is 0 Å². The van der Waals surface area contributed by atoms with Gasteiger partial charge < -0.3 is 5.32 Å². The molecule has 1 saturated heterocycles. The monoisotopic (exact) mass is 261 g/mol. The van der Waals surface area contributed by atoms with Crippen molar-refractivity contribution in [2.75, 3.05) is 13.1 Å². The summed E-state index contributed by atoms with van der Waals surface area (Å²) in [5.74, 6) is -0.473. The van der Waals surface area contributed by atoms with Gasteiger partial charge in [0, 0.05) is 16.6 Å². The summed E-state index contributed by atoms with van der Waals surface area (Å²) in [6.45, 7) is 0.794. The predicted molar refractivity (Wildman–Crippen MR) is 54.4 cm³/mol. The predicted octanol–water partition coefficient (Wildman–Crippen LogP) is 2.75. The molecule has 0 amide bonds. The first kappa shape index (κ1) is 10.1. The van der Waals surface area contributed by atoms with Crippen LogP contribution in [0.5, 0.6) is 0 Å². The molecular formula is C10H10BrF2N. The van der Waals surface area contributed by atoms with Gasteiger partial charge in [0.05, 0.1) is 0 Å². The van der Waals surface area contributed by atoms with Gasteiger partial charge in [0.1, 0.15) is 5.82 Å². The second-order valence-electron chi connectivity index (χ2n) is 3.52. The van der Waals surface area contributed by atoms with Crippen molar-refractivity contribution in [2.24, 2.45) is 0 Å². The number of hydrogen-bond donors (Lipinski definition) is 1. The lowest BCUT2D eigenvalue weighted by atomic mass is 9.94. The van der Waals surface area contributed by atoms with Gasteiger partial charge in [-0.1, -0.05) is 15.9 Å². The van der Waals surface area contributed by atoms with Crippen LogP contribution in [0.25, 0.3) is 0 Å². The van der Waals surface area contributed by atoms with Crippen molar-refractivity contribution in [1.29, 1.82) is 0 Å². The van der Waals surface area contributed by atoms with Crippen LogP contribution >= 0.6 is 15.9 Å². The smallest absolute Gasteiger partial charge is 0.152 e. The summed E-state index contributed by atoms with van der Waals surface area (Å²) in [4.78, 5) is 0. The minimum atomic E-state index is -1.55. The van der Waals surface area contributed by atoms with Gasteiger partial charge in [0.25, 0.3) is 0 Å². The van der Waals surface area contributed by atoms with Crippen molar-refractivity contribution in [3.63, 3.8) is 0 Å². The molecule has 0 aromatic heterocycles. The van der Waals surface area contributed by atoms with Gasteiger partial charge in [0.15, 0.2) is 5.67 Å². The summed E-state index contributed by atoms with van der Waals surface area (Å²) in [6, 6.07) is 4.38. The molecule has 0 aliphatic carbocycles. The molecule has 1 N–H and O–H groups in total. The van der Waals surface area contributed by atoms with E-state index in [4.69, 9.17) is 0 Å². The number of alkyl halides is 1. The summed E-state index contributed by atoms with van der Waals surface area (Å²) >= 11 is 3.21. The Labute approximate surface area is 89.6 Å². The number of halogens is 3. The third-order valence-corrected chi connectivity index (χ3v) is 3.01. The fourth-order valence-electron chi connectivity index (χ4n) is 1.73. The van der Waals surface area contributed by atoms with Gasteiger partial charge in [-0.15, -0.1) is 0 Å². The van der Waals surface area contributed by atoms with E-state index in [2.05, 4.69) is 21.2 Å². The Morgan fingerprint density at radius 2 is 2.21 bits per heavy atom. The van der Waals surface area contributed by atoms with Gasteiger partial charge in [-0.25, -0.2) is 8.78 Å². The highest BCUT2D eigenvalue weighted by Gasteiger charge is 2.37. The van der Waals surface area contributed by atoms with Crippen LogP contribution in [0.15, 0.2) is 22.7 Å². The third-order valence-electron chi connectivity index (χ3n) is 2.51. The standard InChI is InChI=1S/C10H10BrF2N/c11-7-1-2-9(12)8(5-7)10(13)3-4-14-6-10/h1-2,5,14H,3-4,6H2. The van der Waals surface area contributed by atoms with Gasteiger partial charge in [-0.05, 0) is 31.2 Å². The fraction of sp³-hybridized carbons (Fsp3) is 0.400. The molecule has 0 radical (unpaired) electrons. The normalized spacial score (nSPS) is 26.8. The van der Waals surface area contributed by atoms with Crippen LogP contribution in [0.3, 0.4) is 0 Å². The molecule has 1 aliphatic rings. The van der Waals surface area contributed by atoms with Crippen molar-refractivity contribution in [3.8, 4) is 0 Å². The van der Waals surface area contributed by atoms with E-state index in [9.17, 15) is 8.78 Å². The summed E-state index contributed by atoms with van der Waals surface area (Å²) in [6.07, 6.45) is 0.334. The number of benzene rings is 1. The minimum absolute atomic E-state index is 0.150. The number of rotatable bonds is 1. The molecule has 0 saturated carbocycles. The van der Waals surface area contributed by atoms with E-state index >= 15 is 0 Å². The molecule has 1 aromatic rings. The van der Waals surface area contributed by atoms with Crippen molar-refractivity contribution in [1.82, 2.24) is 5.32 Å². The molecule has 1 fully saturated rings. The highest BCUT2D eigenvalue weighted by molar-refractivity contribution is 9.10. The Bertz CT molecular complexity index is 348. The third kappa shape index (κ3) is 1.68. The van der Waals surface area contributed by atoms with Crippen LogP contribution in [0.1, 0.15) is 12.0 Å². The zero-order valence-electron chi connectivity index (χ0n) is 7.49. The maximum absolute atomic E-state index is 14.2. The molecule has 0 bridgehead atoms. The molecule has 4 heteroatoms.